The fraction of sp³-hybridized carbons (Fsp3) is 0.455. The predicted molar refractivity (Wildman–Crippen MR) is 59.0 cm³/mol. The zero-order valence-electron chi connectivity index (χ0n) is 9.10. The van der Waals surface area contributed by atoms with Crippen molar-refractivity contribution in [3.63, 3.8) is 0 Å². The van der Waals surface area contributed by atoms with E-state index in [1.807, 2.05) is 0 Å². The largest absolute Gasteiger partial charge is 0.502 e. The van der Waals surface area contributed by atoms with Gasteiger partial charge in [0.25, 0.3) is 0 Å². The van der Waals surface area contributed by atoms with Crippen molar-refractivity contribution < 1.29 is 14.4 Å². The summed E-state index contributed by atoms with van der Waals surface area (Å²) in [5.74, 6) is -1.10. The fourth-order valence-electron chi connectivity index (χ4n) is 2.05. The lowest BCUT2D eigenvalue weighted by Crippen LogP contribution is -2.27. The molecule has 6 heteroatoms. The van der Waals surface area contributed by atoms with E-state index < -0.39 is 28.2 Å². The van der Waals surface area contributed by atoms with E-state index in [1.165, 1.54) is 0 Å². The lowest BCUT2D eigenvalue weighted by atomic mass is 9.77. The highest BCUT2D eigenvalue weighted by Crippen LogP contribution is 2.42. The topological polar surface area (TPSA) is 89.4 Å². The molecule has 17 heavy (non-hydrogen) atoms. The molecule has 0 aliphatic heterocycles. The van der Waals surface area contributed by atoms with Crippen molar-refractivity contribution in [2.24, 2.45) is 11.7 Å². The number of phenols is 1. The van der Waals surface area contributed by atoms with Crippen LogP contribution in [0, 0.1) is 21.8 Å². The molecule has 0 bridgehead atoms. The summed E-state index contributed by atoms with van der Waals surface area (Å²) in [5, 5.41) is 20.4. The third kappa shape index (κ3) is 2.08. The molecule has 1 aliphatic rings. The van der Waals surface area contributed by atoms with Crippen LogP contribution in [0.3, 0.4) is 0 Å². The van der Waals surface area contributed by atoms with Crippen molar-refractivity contribution in [2.45, 2.75) is 25.3 Å². The monoisotopic (exact) mass is 240 g/mol. The maximum Gasteiger partial charge on any atom is 0.313 e. The zero-order valence-corrected chi connectivity index (χ0v) is 9.10. The van der Waals surface area contributed by atoms with Crippen molar-refractivity contribution in [1.29, 1.82) is 0 Å². The van der Waals surface area contributed by atoms with Crippen molar-refractivity contribution in [1.82, 2.24) is 0 Å². The molecule has 0 saturated heterocycles. The lowest BCUT2D eigenvalue weighted by molar-refractivity contribution is -0.386. The number of nitrogens with zero attached hydrogens (tertiary/aromatic N) is 1. The lowest BCUT2D eigenvalue weighted by Gasteiger charge is -2.31. The second kappa shape index (κ2) is 4.29. The van der Waals surface area contributed by atoms with Crippen LogP contribution in [0.25, 0.3) is 0 Å². The number of hydrogen-bond acceptors (Lipinski definition) is 4. The Kier molecular flexibility index (Phi) is 2.97. The molecule has 1 atom stereocenters. The second-order valence-electron chi connectivity index (χ2n) is 4.34. The Labute approximate surface area is 97.2 Å². The van der Waals surface area contributed by atoms with Gasteiger partial charge in [0.05, 0.1) is 11.0 Å². The number of benzene rings is 1. The molecule has 0 heterocycles. The van der Waals surface area contributed by atoms with Crippen molar-refractivity contribution in [2.75, 3.05) is 0 Å². The number of nitro groups is 1. The van der Waals surface area contributed by atoms with Gasteiger partial charge in [0.1, 0.15) is 5.82 Å². The van der Waals surface area contributed by atoms with Crippen LogP contribution >= 0.6 is 0 Å². The van der Waals surface area contributed by atoms with Crippen LogP contribution in [0.2, 0.25) is 0 Å². The number of halogens is 1. The van der Waals surface area contributed by atoms with Crippen LogP contribution in [0.15, 0.2) is 12.1 Å². The number of phenolic OH excluding ortho intramolecular Hbond substituents is 1. The first-order valence-electron chi connectivity index (χ1n) is 5.43. The fourth-order valence-corrected chi connectivity index (χ4v) is 2.05. The van der Waals surface area contributed by atoms with Gasteiger partial charge in [-0.15, -0.1) is 0 Å². The Morgan fingerprint density at radius 2 is 2.18 bits per heavy atom. The molecule has 5 nitrogen and oxygen atoms in total. The Balaban J connectivity index is 2.41. The quantitative estimate of drug-likeness (QED) is 0.626. The molecule has 1 fully saturated rings. The molecule has 1 aromatic carbocycles. The average molecular weight is 240 g/mol. The van der Waals surface area contributed by atoms with E-state index in [0.717, 1.165) is 25.3 Å². The Morgan fingerprint density at radius 1 is 1.53 bits per heavy atom. The van der Waals surface area contributed by atoms with E-state index in [1.54, 1.807) is 0 Å². The van der Waals surface area contributed by atoms with Gasteiger partial charge in [-0.1, -0.05) is 6.42 Å². The van der Waals surface area contributed by atoms with E-state index in [-0.39, 0.29) is 11.5 Å². The van der Waals surface area contributed by atoms with Gasteiger partial charge in [0, 0.05) is 11.6 Å². The first kappa shape index (κ1) is 11.8. The van der Waals surface area contributed by atoms with Gasteiger partial charge in [0.2, 0.25) is 0 Å². The van der Waals surface area contributed by atoms with E-state index in [9.17, 15) is 19.6 Å². The normalized spacial score (nSPS) is 17.5. The molecule has 2 rings (SSSR count). The maximum absolute atomic E-state index is 13.2. The summed E-state index contributed by atoms with van der Waals surface area (Å²) in [5.41, 5.74) is 5.39. The SMILES string of the molecule is N[C@@H](c1cc(F)cc([N+](=O)[O-])c1O)C1CCC1. The molecule has 0 unspecified atom stereocenters. The summed E-state index contributed by atoms with van der Waals surface area (Å²) in [6.45, 7) is 0. The van der Waals surface area contributed by atoms with E-state index >= 15 is 0 Å². The third-order valence-corrected chi connectivity index (χ3v) is 3.30. The second-order valence-corrected chi connectivity index (χ2v) is 4.34. The molecule has 0 amide bonds. The third-order valence-electron chi connectivity index (χ3n) is 3.30. The molecular weight excluding hydrogens is 227 g/mol. The number of hydrogen-bond donors (Lipinski definition) is 2. The van der Waals surface area contributed by atoms with Crippen molar-refractivity contribution in [3.8, 4) is 5.75 Å². The highest BCUT2D eigenvalue weighted by molar-refractivity contribution is 5.52. The van der Waals surface area contributed by atoms with Crippen LogP contribution < -0.4 is 5.73 Å². The summed E-state index contributed by atoms with van der Waals surface area (Å²) >= 11 is 0. The molecular formula is C11H13FN2O3. The van der Waals surface area contributed by atoms with Crippen LogP contribution in [-0.4, -0.2) is 10.0 Å². The highest BCUT2D eigenvalue weighted by Gasteiger charge is 2.30. The standard InChI is InChI=1S/C11H13FN2O3/c12-7-4-8(10(13)6-2-1-3-6)11(15)9(5-7)14(16)17/h4-6,10,15H,1-3,13H2/t10-/m1/s1. The first-order valence-corrected chi connectivity index (χ1v) is 5.43. The van der Waals surface area contributed by atoms with Gasteiger partial charge >= 0.3 is 5.69 Å². The highest BCUT2D eigenvalue weighted by atomic mass is 19.1. The summed E-state index contributed by atoms with van der Waals surface area (Å²) in [6.07, 6.45) is 2.87. The smallest absolute Gasteiger partial charge is 0.313 e. The summed E-state index contributed by atoms with van der Waals surface area (Å²) < 4.78 is 13.2. The number of aromatic hydroxyl groups is 1. The average Bonchev–Trinajstić information content (AvgIpc) is 2.17. The van der Waals surface area contributed by atoms with Crippen LogP contribution in [0.5, 0.6) is 5.75 Å². The van der Waals surface area contributed by atoms with Crippen molar-refractivity contribution in [3.05, 3.63) is 33.6 Å². The molecule has 1 aromatic rings. The van der Waals surface area contributed by atoms with Crippen LogP contribution in [0.4, 0.5) is 10.1 Å². The van der Waals surface area contributed by atoms with Crippen LogP contribution in [0.1, 0.15) is 30.9 Å². The molecule has 1 saturated carbocycles. The molecule has 1 aliphatic carbocycles. The Hall–Kier alpha value is -1.69. The van der Waals surface area contributed by atoms with Gasteiger partial charge in [-0.2, -0.15) is 0 Å². The Morgan fingerprint density at radius 3 is 2.65 bits per heavy atom. The molecule has 3 N–H and O–H groups in total. The molecule has 0 spiro atoms. The van der Waals surface area contributed by atoms with Gasteiger partial charge in [-0.3, -0.25) is 10.1 Å². The van der Waals surface area contributed by atoms with E-state index in [0.29, 0.717) is 6.07 Å². The van der Waals surface area contributed by atoms with E-state index in [2.05, 4.69) is 0 Å². The van der Waals surface area contributed by atoms with Crippen molar-refractivity contribution >= 4 is 5.69 Å². The minimum Gasteiger partial charge on any atom is -0.502 e. The van der Waals surface area contributed by atoms with Gasteiger partial charge in [-0.05, 0) is 24.8 Å². The number of rotatable bonds is 3. The van der Waals surface area contributed by atoms with Crippen LogP contribution in [-0.2, 0) is 0 Å². The van der Waals surface area contributed by atoms with E-state index in [4.69, 9.17) is 5.73 Å². The van der Waals surface area contributed by atoms with Gasteiger partial charge in [0.15, 0.2) is 5.75 Å². The summed E-state index contributed by atoms with van der Waals surface area (Å²) in [4.78, 5) is 9.83. The predicted octanol–water partition coefficient (Wildman–Crippen LogP) is 2.24. The summed E-state index contributed by atoms with van der Waals surface area (Å²) in [6, 6.07) is 1.23. The number of nitro benzene ring substituents is 1. The number of nitrogens with two attached hydrogens (primary N) is 1. The first-order chi connectivity index (χ1) is 8.00. The molecule has 0 aromatic heterocycles. The minimum atomic E-state index is -0.810. The maximum atomic E-state index is 13.2. The van der Waals surface area contributed by atoms with Gasteiger partial charge in [-0.25, -0.2) is 4.39 Å². The summed E-state index contributed by atoms with van der Waals surface area (Å²) in [7, 11) is 0. The Bertz CT molecular complexity index is 460. The molecule has 92 valence electrons. The minimum absolute atomic E-state index is 0.126. The zero-order chi connectivity index (χ0) is 12.6. The molecule has 0 radical (unpaired) electrons. The van der Waals surface area contributed by atoms with Gasteiger partial charge < -0.3 is 10.8 Å².